The highest BCUT2D eigenvalue weighted by atomic mass is 16.2. The van der Waals surface area contributed by atoms with Gasteiger partial charge in [0, 0.05) is 6.04 Å². The van der Waals surface area contributed by atoms with Gasteiger partial charge in [0.2, 0.25) is 11.8 Å². The van der Waals surface area contributed by atoms with Crippen LogP contribution in [-0.4, -0.2) is 35.3 Å². The van der Waals surface area contributed by atoms with Crippen molar-refractivity contribution < 1.29 is 9.59 Å². The quantitative estimate of drug-likeness (QED) is 0.822. The molecule has 19 heavy (non-hydrogen) atoms. The van der Waals surface area contributed by atoms with Crippen molar-refractivity contribution in [2.45, 2.75) is 58.0 Å². The molecular weight excluding hydrogens is 240 g/mol. The molecule has 3 fully saturated rings. The second-order valence-corrected chi connectivity index (χ2v) is 6.92. The van der Waals surface area contributed by atoms with E-state index >= 15 is 0 Å². The third-order valence-electron chi connectivity index (χ3n) is 4.87. The van der Waals surface area contributed by atoms with Gasteiger partial charge in [-0.15, -0.1) is 0 Å². The first kappa shape index (κ1) is 12.9. The topological polar surface area (TPSA) is 49.4 Å². The van der Waals surface area contributed by atoms with Crippen molar-refractivity contribution >= 4 is 11.8 Å². The Hall–Kier alpha value is -1.06. The summed E-state index contributed by atoms with van der Waals surface area (Å²) in [6.07, 6.45) is 5.53. The minimum Gasteiger partial charge on any atom is -0.342 e. The maximum Gasteiger partial charge on any atom is 0.246 e. The molecule has 1 N–H and O–H groups in total. The third-order valence-corrected chi connectivity index (χ3v) is 4.87. The molecule has 3 aliphatic rings. The van der Waals surface area contributed by atoms with Crippen LogP contribution in [0.4, 0.5) is 0 Å². The van der Waals surface area contributed by atoms with Crippen LogP contribution in [0.1, 0.15) is 46.0 Å². The summed E-state index contributed by atoms with van der Waals surface area (Å²) in [6.45, 7) is 4.79. The Bertz CT molecular complexity index is 382. The average Bonchev–Trinajstić information content (AvgIpc) is 3.14. The van der Waals surface area contributed by atoms with Crippen LogP contribution in [0.3, 0.4) is 0 Å². The molecule has 2 saturated carbocycles. The molecule has 1 aliphatic heterocycles. The summed E-state index contributed by atoms with van der Waals surface area (Å²) in [5, 5.41) is 2.89. The summed E-state index contributed by atoms with van der Waals surface area (Å²) < 4.78 is 0. The molecule has 0 spiro atoms. The van der Waals surface area contributed by atoms with E-state index in [-0.39, 0.29) is 30.4 Å². The molecule has 2 aliphatic carbocycles. The minimum absolute atomic E-state index is 0.0300. The number of nitrogens with zero attached hydrogens (tertiary/aromatic N) is 1. The van der Waals surface area contributed by atoms with Gasteiger partial charge in [-0.2, -0.15) is 0 Å². The van der Waals surface area contributed by atoms with Gasteiger partial charge in [-0.05, 0) is 49.9 Å². The number of rotatable bonds is 2. The van der Waals surface area contributed by atoms with E-state index in [1.54, 1.807) is 0 Å². The molecular formula is C15H24N2O2. The number of piperazine rings is 1. The first-order chi connectivity index (χ1) is 9.04. The molecule has 0 radical (unpaired) electrons. The zero-order valence-electron chi connectivity index (χ0n) is 11.9. The molecule has 4 nitrogen and oxygen atoms in total. The number of amides is 2. The lowest BCUT2D eigenvalue weighted by Gasteiger charge is -2.42. The fourth-order valence-corrected chi connectivity index (χ4v) is 3.91. The van der Waals surface area contributed by atoms with Crippen LogP contribution in [0.15, 0.2) is 0 Å². The Morgan fingerprint density at radius 3 is 2.26 bits per heavy atom. The minimum atomic E-state index is -0.228. The van der Waals surface area contributed by atoms with Gasteiger partial charge in [-0.25, -0.2) is 0 Å². The van der Waals surface area contributed by atoms with Gasteiger partial charge in [0.05, 0.1) is 6.54 Å². The molecule has 1 heterocycles. The van der Waals surface area contributed by atoms with E-state index < -0.39 is 0 Å². The molecule has 1 saturated heterocycles. The first-order valence-corrected chi connectivity index (χ1v) is 7.64. The molecule has 2 amide bonds. The second kappa shape index (κ2) is 4.80. The molecule has 0 aromatic carbocycles. The molecule has 0 aromatic heterocycles. The average molecular weight is 264 g/mol. The lowest BCUT2D eigenvalue weighted by molar-refractivity contribution is -0.148. The van der Waals surface area contributed by atoms with Crippen LogP contribution in [0.5, 0.6) is 0 Å². The molecule has 106 valence electrons. The van der Waals surface area contributed by atoms with Crippen molar-refractivity contribution in [3.8, 4) is 0 Å². The predicted octanol–water partition coefficient (Wildman–Crippen LogP) is 1.55. The number of hydrogen-bond acceptors (Lipinski definition) is 2. The second-order valence-electron chi connectivity index (χ2n) is 6.92. The number of carbonyl (C=O) groups is 2. The molecule has 3 rings (SSSR count). The van der Waals surface area contributed by atoms with Crippen LogP contribution in [0.25, 0.3) is 0 Å². The molecule has 0 aromatic rings. The summed E-state index contributed by atoms with van der Waals surface area (Å²) >= 11 is 0. The van der Waals surface area contributed by atoms with E-state index in [1.807, 2.05) is 4.90 Å². The number of nitrogens with one attached hydrogen (secondary N) is 1. The zero-order valence-corrected chi connectivity index (χ0v) is 11.9. The lowest BCUT2D eigenvalue weighted by atomic mass is 9.79. The van der Waals surface area contributed by atoms with Crippen molar-refractivity contribution in [3.05, 3.63) is 0 Å². The monoisotopic (exact) mass is 264 g/mol. The maximum absolute atomic E-state index is 12.6. The van der Waals surface area contributed by atoms with E-state index in [0.717, 1.165) is 25.7 Å². The summed E-state index contributed by atoms with van der Waals surface area (Å²) in [6, 6.07) is 0.0485. The van der Waals surface area contributed by atoms with E-state index in [9.17, 15) is 9.59 Å². The van der Waals surface area contributed by atoms with Crippen LogP contribution >= 0.6 is 0 Å². The van der Waals surface area contributed by atoms with Crippen LogP contribution < -0.4 is 5.32 Å². The highest BCUT2D eigenvalue weighted by Gasteiger charge is 2.45. The van der Waals surface area contributed by atoms with Crippen molar-refractivity contribution in [1.82, 2.24) is 10.2 Å². The van der Waals surface area contributed by atoms with E-state index in [4.69, 9.17) is 0 Å². The zero-order chi connectivity index (χ0) is 13.6. The summed E-state index contributed by atoms with van der Waals surface area (Å²) in [5.74, 6) is 1.92. The Morgan fingerprint density at radius 2 is 1.68 bits per heavy atom. The van der Waals surface area contributed by atoms with Crippen LogP contribution in [-0.2, 0) is 9.59 Å². The first-order valence-electron chi connectivity index (χ1n) is 7.64. The SMILES string of the molecule is CC1CC(C)CC(N2CC(=O)NC(C3CC3)C2=O)C1. The van der Waals surface area contributed by atoms with Gasteiger partial charge in [-0.3, -0.25) is 9.59 Å². The van der Waals surface area contributed by atoms with Crippen molar-refractivity contribution in [2.75, 3.05) is 6.54 Å². The van der Waals surface area contributed by atoms with Crippen molar-refractivity contribution in [2.24, 2.45) is 17.8 Å². The largest absolute Gasteiger partial charge is 0.342 e. The van der Waals surface area contributed by atoms with Gasteiger partial charge in [0.1, 0.15) is 6.04 Å². The van der Waals surface area contributed by atoms with Gasteiger partial charge in [-0.1, -0.05) is 13.8 Å². The van der Waals surface area contributed by atoms with E-state index in [1.165, 1.54) is 6.42 Å². The summed E-state index contributed by atoms with van der Waals surface area (Å²) in [7, 11) is 0. The van der Waals surface area contributed by atoms with Gasteiger partial charge in [0.25, 0.3) is 0 Å². The molecule has 0 bridgehead atoms. The highest BCUT2D eigenvalue weighted by Crippen LogP contribution is 2.37. The Morgan fingerprint density at radius 1 is 1.05 bits per heavy atom. The fraction of sp³-hybridized carbons (Fsp3) is 0.867. The van der Waals surface area contributed by atoms with Crippen LogP contribution in [0, 0.1) is 17.8 Å². The smallest absolute Gasteiger partial charge is 0.246 e. The van der Waals surface area contributed by atoms with Crippen molar-refractivity contribution in [3.63, 3.8) is 0 Å². The lowest BCUT2D eigenvalue weighted by Crippen LogP contribution is -2.62. The Kier molecular flexibility index (Phi) is 3.27. The fourth-order valence-electron chi connectivity index (χ4n) is 3.91. The maximum atomic E-state index is 12.6. The van der Waals surface area contributed by atoms with Crippen LogP contribution in [0.2, 0.25) is 0 Å². The Labute approximate surface area is 114 Å². The molecule has 4 heteroatoms. The third kappa shape index (κ3) is 2.63. The van der Waals surface area contributed by atoms with Gasteiger partial charge < -0.3 is 10.2 Å². The summed E-state index contributed by atoms with van der Waals surface area (Å²) in [5.41, 5.74) is 0. The standard InChI is InChI=1S/C15H24N2O2/c1-9-5-10(2)7-12(6-9)17-8-13(18)16-14(15(17)19)11-3-4-11/h9-12,14H,3-8H2,1-2H3,(H,16,18). The molecule has 3 unspecified atom stereocenters. The molecule has 3 atom stereocenters. The van der Waals surface area contributed by atoms with E-state index in [2.05, 4.69) is 19.2 Å². The Balaban J connectivity index is 1.74. The normalized spacial score (nSPS) is 40.2. The van der Waals surface area contributed by atoms with Gasteiger partial charge >= 0.3 is 0 Å². The highest BCUT2D eigenvalue weighted by molar-refractivity contribution is 5.95. The van der Waals surface area contributed by atoms with Crippen molar-refractivity contribution in [1.29, 1.82) is 0 Å². The number of hydrogen-bond donors (Lipinski definition) is 1. The van der Waals surface area contributed by atoms with Gasteiger partial charge in [0.15, 0.2) is 0 Å². The number of carbonyl (C=O) groups excluding carboxylic acids is 2. The predicted molar refractivity (Wildman–Crippen MR) is 72.3 cm³/mol. The summed E-state index contributed by atoms with van der Waals surface area (Å²) in [4.78, 5) is 26.3. The van der Waals surface area contributed by atoms with E-state index in [0.29, 0.717) is 17.8 Å².